The Balaban J connectivity index is 1.83. The zero-order valence-electron chi connectivity index (χ0n) is 8.32. The van der Waals surface area contributed by atoms with E-state index < -0.39 is 0 Å². The van der Waals surface area contributed by atoms with Crippen molar-refractivity contribution in [3.8, 4) is 0 Å². The minimum absolute atomic E-state index is 0.453. The first kappa shape index (κ1) is 9.04. The van der Waals surface area contributed by atoms with E-state index in [-0.39, 0.29) is 0 Å². The van der Waals surface area contributed by atoms with E-state index in [0.717, 1.165) is 17.8 Å². The molecule has 0 saturated heterocycles. The molecule has 74 valence electrons. The average molecular weight is 181 g/mol. The third kappa shape index (κ3) is 1.87. The molecular formula is C11H19NO. The molecule has 2 saturated carbocycles. The van der Waals surface area contributed by atoms with E-state index in [4.69, 9.17) is 5.21 Å². The monoisotopic (exact) mass is 181 g/mol. The van der Waals surface area contributed by atoms with Gasteiger partial charge >= 0.3 is 0 Å². The SMILES string of the molecule is CC(C=NO)CC1CC2CCC1C2. The summed E-state index contributed by atoms with van der Waals surface area (Å²) in [5, 5.41) is 11.5. The maximum absolute atomic E-state index is 8.41. The molecule has 0 aromatic carbocycles. The molecule has 4 unspecified atom stereocenters. The lowest BCUT2D eigenvalue weighted by Crippen LogP contribution is -2.14. The number of hydrogen-bond acceptors (Lipinski definition) is 2. The lowest BCUT2D eigenvalue weighted by Gasteiger charge is -2.22. The molecule has 0 heterocycles. The summed E-state index contributed by atoms with van der Waals surface area (Å²) in [6.07, 6.45) is 8.75. The predicted molar refractivity (Wildman–Crippen MR) is 53.0 cm³/mol. The van der Waals surface area contributed by atoms with Gasteiger partial charge in [0.05, 0.1) is 0 Å². The van der Waals surface area contributed by atoms with Crippen molar-refractivity contribution in [2.45, 2.75) is 39.0 Å². The van der Waals surface area contributed by atoms with Crippen LogP contribution in [0.1, 0.15) is 39.0 Å². The Kier molecular flexibility index (Phi) is 2.56. The maximum Gasteiger partial charge on any atom is 0.0464 e. The van der Waals surface area contributed by atoms with Crippen molar-refractivity contribution in [2.24, 2.45) is 28.8 Å². The first-order chi connectivity index (χ1) is 6.29. The molecule has 2 aliphatic carbocycles. The molecule has 0 spiro atoms. The molecule has 2 nitrogen and oxygen atoms in total. The second kappa shape index (κ2) is 3.69. The molecule has 2 rings (SSSR count). The second-order valence-electron chi connectivity index (χ2n) is 4.91. The van der Waals surface area contributed by atoms with Gasteiger partial charge in [-0.25, -0.2) is 0 Å². The highest BCUT2D eigenvalue weighted by atomic mass is 16.4. The van der Waals surface area contributed by atoms with Gasteiger partial charge in [-0.05, 0) is 49.4 Å². The smallest absolute Gasteiger partial charge is 0.0464 e. The molecule has 2 bridgehead atoms. The van der Waals surface area contributed by atoms with Crippen LogP contribution < -0.4 is 0 Å². The highest BCUT2D eigenvalue weighted by molar-refractivity contribution is 5.59. The molecule has 0 radical (unpaired) electrons. The Morgan fingerprint density at radius 3 is 2.85 bits per heavy atom. The topological polar surface area (TPSA) is 32.6 Å². The Bertz CT molecular complexity index is 202. The van der Waals surface area contributed by atoms with Gasteiger partial charge in [-0.1, -0.05) is 13.3 Å². The lowest BCUT2D eigenvalue weighted by atomic mass is 9.83. The zero-order valence-corrected chi connectivity index (χ0v) is 8.32. The van der Waals surface area contributed by atoms with Crippen molar-refractivity contribution < 1.29 is 5.21 Å². The summed E-state index contributed by atoms with van der Waals surface area (Å²) < 4.78 is 0. The Hall–Kier alpha value is -0.530. The van der Waals surface area contributed by atoms with Crippen molar-refractivity contribution >= 4 is 6.21 Å². The van der Waals surface area contributed by atoms with Crippen LogP contribution in [0.25, 0.3) is 0 Å². The summed E-state index contributed by atoms with van der Waals surface area (Å²) in [5.74, 6) is 3.41. The average Bonchev–Trinajstić information content (AvgIpc) is 2.65. The fourth-order valence-electron chi connectivity index (χ4n) is 3.32. The fourth-order valence-corrected chi connectivity index (χ4v) is 3.32. The number of oxime groups is 1. The Morgan fingerprint density at radius 2 is 2.31 bits per heavy atom. The van der Waals surface area contributed by atoms with E-state index in [2.05, 4.69) is 12.1 Å². The molecular weight excluding hydrogens is 162 g/mol. The van der Waals surface area contributed by atoms with Crippen LogP contribution >= 0.6 is 0 Å². The van der Waals surface area contributed by atoms with Crippen LogP contribution in [0.15, 0.2) is 5.16 Å². The Morgan fingerprint density at radius 1 is 1.46 bits per heavy atom. The predicted octanol–water partition coefficient (Wildman–Crippen LogP) is 2.91. The van der Waals surface area contributed by atoms with Crippen molar-refractivity contribution in [3.63, 3.8) is 0 Å². The van der Waals surface area contributed by atoms with E-state index in [1.54, 1.807) is 6.21 Å². The normalized spacial score (nSPS) is 40.2. The molecule has 13 heavy (non-hydrogen) atoms. The van der Waals surface area contributed by atoms with Crippen molar-refractivity contribution in [1.29, 1.82) is 0 Å². The van der Waals surface area contributed by atoms with Crippen molar-refractivity contribution in [3.05, 3.63) is 0 Å². The molecule has 0 amide bonds. The number of hydrogen-bond donors (Lipinski definition) is 1. The van der Waals surface area contributed by atoms with Gasteiger partial charge in [-0.3, -0.25) is 0 Å². The first-order valence-electron chi connectivity index (χ1n) is 5.47. The molecule has 2 aliphatic rings. The van der Waals surface area contributed by atoms with E-state index in [1.807, 2.05) is 0 Å². The summed E-state index contributed by atoms with van der Waals surface area (Å²) in [6.45, 7) is 2.14. The summed E-state index contributed by atoms with van der Waals surface area (Å²) >= 11 is 0. The minimum Gasteiger partial charge on any atom is -0.411 e. The van der Waals surface area contributed by atoms with E-state index in [0.29, 0.717) is 5.92 Å². The fraction of sp³-hybridized carbons (Fsp3) is 0.909. The van der Waals surface area contributed by atoms with E-state index in [9.17, 15) is 0 Å². The van der Waals surface area contributed by atoms with Gasteiger partial charge < -0.3 is 5.21 Å². The van der Waals surface area contributed by atoms with E-state index in [1.165, 1.54) is 32.1 Å². The van der Waals surface area contributed by atoms with E-state index >= 15 is 0 Å². The highest BCUT2D eigenvalue weighted by Crippen LogP contribution is 2.50. The first-order valence-corrected chi connectivity index (χ1v) is 5.47. The van der Waals surface area contributed by atoms with Gasteiger partial charge in [0.1, 0.15) is 0 Å². The van der Waals surface area contributed by atoms with Crippen LogP contribution in [-0.4, -0.2) is 11.4 Å². The lowest BCUT2D eigenvalue weighted by molar-refractivity contribution is 0.290. The number of nitrogens with zero attached hydrogens (tertiary/aromatic N) is 1. The van der Waals surface area contributed by atoms with Crippen LogP contribution in [0.3, 0.4) is 0 Å². The summed E-state index contributed by atoms with van der Waals surface area (Å²) in [7, 11) is 0. The van der Waals surface area contributed by atoms with Gasteiger partial charge in [0.15, 0.2) is 0 Å². The number of rotatable bonds is 3. The molecule has 2 heteroatoms. The molecule has 2 fully saturated rings. The van der Waals surface area contributed by atoms with Crippen molar-refractivity contribution in [2.75, 3.05) is 0 Å². The molecule has 1 N–H and O–H groups in total. The van der Waals surface area contributed by atoms with Crippen LogP contribution in [0.2, 0.25) is 0 Å². The molecule has 0 aromatic rings. The third-order valence-corrected chi connectivity index (χ3v) is 3.88. The highest BCUT2D eigenvalue weighted by Gasteiger charge is 2.39. The molecule has 0 aromatic heterocycles. The largest absolute Gasteiger partial charge is 0.411 e. The molecule has 4 atom stereocenters. The van der Waals surface area contributed by atoms with Gasteiger partial charge in [0, 0.05) is 6.21 Å². The van der Waals surface area contributed by atoms with Gasteiger partial charge in [-0.2, -0.15) is 0 Å². The van der Waals surface area contributed by atoms with Crippen LogP contribution in [0.4, 0.5) is 0 Å². The maximum atomic E-state index is 8.41. The minimum atomic E-state index is 0.453. The zero-order chi connectivity index (χ0) is 9.26. The standard InChI is InChI=1S/C11H19NO/c1-8(7-12-13)4-11-6-9-2-3-10(11)5-9/h7-11,13H,2-6H2,1H3. The second-order valence-corrected chi connectivity index (χ2v) is 4.91. The Labute approximate surface area is 80.0 Å². The van der Waals surface area contributed by atoms with Crippen LogP contribution in [-0.2, 0) is 0 Å². The summed E-state index contributed by atoms with van der Waals surface area (Å²) in [4.78, 5) is 0. The van der Waals surface area contributed by atoms with Crippen molar-refractivity contribution in [1.82, 2.24) is 0 Å². The van der Waals surface area contributed by atoms with Gasteiger partial charge in [0.25, 0.3) is 0 Å². The van der Waals surface area contributed by atoms with Crippen LogP contribution in [0.5, 0.6) is 0 Å². The van der Waals surface area contributed by atoms with Gasteiger partial charge in [-0.15, -0.1) is 5.16 Å². The van der Waals surface area contributed by atoms with Crippen LogP contribution in [0, 0.1) is 23.7 Å². The quantitative estimate of drug-likeness (QED) is 0.405. The summed E-state index contributed by atoms with van der Waals surface area (Å²) in [5.41, 5.74) is 0. The molecule has 0 aliphatic heterocycles. The summed E-state index contributed by atoms with van der Waals surface area (Å²) in [6, 6.07) is 0. The third-order valence-electron chi connectivity index (χ3n) is 3.88. The van der Waals surface area contributed by atoms with Gasteiger partial charge in [0.2, 0.25) is 0 Å². The number of fused-ring (bicyclic) bond motifs is 2.